The van der Waals surface area contributed by atoms with Crippen molar-refractivity contribution in [2.75, 3.05) is 26.1 Å². The van der Waals surface area contributed by atoms with Gasteiger partial charge < -0.3 is 24.8 Å². The Bertz CT molecular complexity index is 797. The molecule has 0 radical (unpaired) electrons. The van der Waals surface area contributed by atoms with Crippen molar-refractivity contribution in [3.05, 3.63) is 41.3 Å². The van der Waals surface area contributed by atoms with Gasteiger partial charge in [-0.1, -0.05) is 0 Å². The Morgan fingerprint density at radius 3 is 2.88 bits per heavy atom. The number of hydrogen-bond acceptors (Lipinski definition) is 6. The highest BCUT2D eigenvalue weighted by molar-refractivity contribution is 5.65. The van der Waals surface area contributed by atoms with Crippen LogP contribution in [0.1, 0.15) is 23.2 Å². The molecule has 0 fully saturated rings. The summed E-state index contributed by atoms with van der Waals surface area (Å²) in [5, 5.41) is 12.6. The van der Waals surface area contributed by atoms with Crippen LogP contribution in [0.4, 0.5) is 10.6 Å². The number of aryl methyl sites for hydroxylation is 1. The van der Waals surface area contributed by atoms with Crippen LogP contribution < -0.4 is 14.8 Å². The van der Waals surface area contributed by atoms with Crippen molar-refractivity contribution in [1.82, 2.24) is 14.9 Å². The first-order chi connectivity index (χ1) is 12.6. The van der Waals surface area contributed by atoms with Gasteiger partial charge in [-0.15, -0.1) is 0 Å². The van der Waals surface area contributed by atoms with Gasteiger partial charge in [0.25, 0.3) is 0 Å². The molecular formula is C18H22N4O4. The third kappa shape index (κ3) is 3.79. The molecular weight excluding hydrogens is 336 g/mol. The number of methoxy groups -OCH3 is 2. The van der Waals surface area contributed by atoms with Crippen molar-refractivity contribution in [3.63, 3.8) is 0 Å². The van der Waals surface area contributed by atoms with Crippen molar-refractivity contribution < 1.29 is 19.4 Å². The summed E-state index contributed by atoms with van der Waals surface area (Å²) in [4.78, 5) is 21.4. The van der Waals surface area contributed by atoms with Gasteiger partial charge >= 0.3 is 6.09 Å². The minimum Gasteiger partial charge on any atom is -0.497 e. The highest BCUT2D eigenvalue weighted by Crippen LogP contribution is 2.27. The maximum absolute atomic E-state index is 11.4. The second kappa shape index (κ2) is 7.90. The van der Waals surface area contributed by atoms with Crippen molar-refractivity contribution in [2.45, 2.75) is 25.9 Å². The molecule has 26 heavy (non-hydrogen) atoms. The number of nitrogens with one attached hydrogen (secondary N) is 1. The minimum atomic E-state index is -0.926. The fourth-order valence-corrected chi connectivity index (χ4v) is 3.03. The molecule has 1 aliphatic heterocycles. The Labute approximate surface area is 151 Å². The van der Waals surface area contributed by atoms with Gasteiger partial charge in [0.2, 0.25) is 0 Å². The van der Waals surface area contributed by atoms with E-state index in [9.17, 15) is 9.90 Å². The lowest BCUT2D eigenvalue weighted by Crippen LogP contribution is -2.29. The molecule has 0 spiro atoms. The molecule has 1 amide bonds. The van der Waals surface area contributed by atoms with Crippen LogP contribution in [0.2, 0.25) is 0 Å². The van der Waals surface area contributed by atoms with E-state index in [1.807, 2.05) is 18.2 Å². The van der Waals surface area contributed by atoms with Gasteiger partial charge in [-0.3, -0.25) is 0 Å². The Kier molecular flexibility index (Phi) is 5.40. The minimum absolute atomic E-state index is 0.285. The number of rotatable bonds is 5. The number of amides is 1. The zero-order valence-electron chi connectivity index (χ0n) is 14.9. The number of carboxylic acid groups (broad SMARTS) is 1. The molecule has 0 unspecified atom stereocenters. The summed E-state index contributed by atoms with van der Waals surface area (Å²) in [5.74, 6) is 2.09. The molecule has 1 aromatic heterocycles. The molecule has 8 heteroatoms. The topological polar surface area (TPSA) is 96.8 Å². The first kappa shape index (κ1) is 17.8. The summed E-state index contributed by atoms with van der Waals surface area (Å²) >= 11 is 0. The molecule has 0 atom stereocenters. The molecule has 1 aromatic carbocycles. The van der Waals surface area contributed by atoms with Crippen LogP contribution in [0.15, 0.2) is 24.5 Å². The SMILES string of the molecule is COc1ccc(CNc2ncnc3c2CN(C(=O)O)CCC3)c(OC)c1. The normalized spacial score (nSPS) is 13.5. The van der Waals surface area contributed by atoms with E-state index in [1.165, 1.54) is 11.2 Å². The molecule has 0 aliphatic carbocycles. The number of aromatic nitrogens is 2. The molecule has 2 N–H and O–H groups in total. The fourth-order valence-electron chi connectivity index (χ4n) is 3.03. The van der Waals surface area contributed by atoms with Crippen LogP contribution in [0.5, 0.6) is 11.5 Å². The highest BCUT2D eigenvalue weighted by Gasteiger charge is 2.22. The van der Waals surface area contributed by atoms with Crippen LogP contribution >= 0.6 is 0 Å². The average molecular weight is 358 g/mol. The van der Waals surface area contributed by atoms with Gasteiger partial charge in [-0.25, -0.2) is 14.8 Å². The van der Waals surface area contributed by atoms with Crippen LogP contribution in [0.25, 0.3) is 0 Å². The lowest BCUT2D eigenvalue weighted by atomic mass is 10.1. The van der Waals surface area contributed by atoms with E-state index in [2.05, 4.69) is 15.3 Å². The summed E-state index contributed by atoms with van der Waals surface area (Å²) < 4.78 is 10.6. The summed E-state index contributed by atoms with van der Waals surface area (Å²) in [6, 6.07) is 5.62. The van der Waals surface area contributed by atoms with E-state index in [0.29, 0.717) is 24.7 Å². The lowest BCUT2D eigenvalue weighted by Gasteiger charge is -2.19. The summed E-state index contributed by atoms with van der Waals surface area (Å²) in [5.41, 5.74) is 2.68. The second-order valence-electron chi connectivity index (χ2n) is 5.99. The van der Waals surface area contributed by atoms with Crippen molar-refractivity contribution in [1.29, 1.82) is 0 Å². The van der Waals surface area contributed by atoms with E-state index in [0.717, 1.165) is 35.4 Å². The zero-order chi connectivity index (χ0) is 18.5. The molecule has 3 rings (SSSR count). The van der Waals surface area contributed by atoms with E-state index >= 15 is 0 Å². The molecule has 1 aliphatic rings. The van der Waals surface area contributed by atoms with Crippen molar-refractivity contribution in [3.8, 4) is 11.5 Å². The molecule has 2 heterocycles. The van der Waals surface area contributed by atoms with E-state index in [-0.39, 0.29) is 6.54 Å². The predicted molar refractivity (Wildman–Crippen MR) is 95.7 cm³/mol. The lowest BCUT2D eigenvalue weighted by molar-refractivity contribution is 0.143. The molecule has 138 valence electrons. The van der Waals surface area contributed by atoms with Gasteiger partial charge in [0.05, 0.1) is 26.5 Å². The van der Waals surface area contributed by atoms with Crippen molar-refractivity contribution in [2.24, 2.45) is 0 Å². The summed E-state index contributed by atoms with van der Waals surface area (Å²) in [6.45, 7) is 1.27. The van der Waals surface area contributed by atoms with Crippen LogP contribution in [0, 0.1) is 0 Å². The smallest absolute Gasteiger partial charge is 0.407 e. The number of anilines is 1. The number of carbonyl (C=O) groups is 1. The number of benzene rings is 1. The predicted octanol–water partition coefficient (Wildman–Crippen LogP) is 2.53. The first-order valence-electron chi connectivity index (χ1n) is 8.37. The standard InChI is InChI=1S/C18H22N4O4/c1-25-13-6-5-12(16(8-13)26-2)9-19-17-14-10-22(18(23)24)7-3-4-15(14)20-11-21-17/h5-6,8,11H,3-4,7,9-10H2,1-2H3,(H,23,24)(H,19,20,21). The fraction of sp³-hybridized carbons (Fsp3) is 0.389. The van der Waals surface area contributed by atoms with Crippen molar-refractivity contribution >= 4 is 11.9 Å². The van der Waals surface area contributed by atoms with Gasteiger partial charge in [0.15, 0.2) is 0 Å². The summed E-state index contributed by atoms with van der Waals surface area (Å²) in [7, 11) is 3.22. The molecule has 2 aromatic rings. The van der Waals surface area contributed by atoms with Crippen LogP contribution in [-0.4, -0.2) is 46.8 Å². The second-order valence-corrected chi connectivity index (χ2v) is 5.99. The number of hydrogen-bond donors (Lipinski definition) is 2. The third-order valence-corrected chi connectivity index (χ3v) is 4.44. The molecule has 0 saturated carbocycles. The van der Waals surface area contributed by atoms with E-state index in [4.69, 9.17) is 9.47 Å². The third-order valence-electron chi connectivity index (χ3n) is 4.44. The Balaban J connectivity index is 1.82. The zero-order valence-corrected chi connectivity index (χ0v) is 14.9. The maximum Gasteiger partial charge on any atom is 0.407 e. The monoisotopic (exact) mass is 358 g/mol. The Hall–Kier alpha value is -3.03. The van der Waals surface area contributed by atoms with Gasteiger partial charge in [0.1, 0.15) is 23.6 Å². The Morgan fingerprint density at radius 2 is 2.15 bits per heavy atom. The molecule has 0 saturated heterocycles. The van der Waals surface area contributed by atoms with Crippen LogP contribution in [-0.2, 0) is 19.5 Å². The number of ether oxygens (including phenoxy) is 2. The first-order valence-corrected chi connectivity index (χ1v) is 8.37. The largest absolute Gasteiger partial charge is 0.497 e. The van der Waals surface area contributed by atoms with E-state index in [1.54, 1.807) is 14.2 Å². The average Bonchev–Trinajstić information content (AvgIpc) is 2.89. The number of fused-ring (bicyclic) bond motifs is 1. The Morgan fingerprint density at radius 1 is 1.31 bits per heavy atom. The van der Waals surface area contributed by atoms with Crippen LogP contribution in [0.3, 0.4) is 0 Å². The maximum atomic E-state index is 11.4. The number of nitrogens with zero attached hydrogens (tertiary/aromatic N) is 3. The highest BCUT2D eigenvalue weighted by atomic mass is 16.5. The van der Waals surface area contributed by atoms with Gasteiger partial charge in [0, 0.05) is 30.3 Å². The van der Waals surface area contributed by atoms with E-state index < -0.39 is 6.09 Å². The quantitative estimate of drug-likeness (QED) is 0.848. The summed E-state index contributed by atoms with van der Waals surface area (Å²) in [6.07, 6.45) is 2.08. The van der Waals surface area contributed by atoms with Gasteiger partial charge in [-0.2, -0.15) is 0 Å². The molecule has 0 bridgehead atoms. The van der Waals surface area contributed by atoms with Gasteiger partial charge in [-0.05, 0) is 25.0 Å². The molecule has 8 nitrogen and oxygen atoms in total.